The van der Waals surface area contributed by atoms with Crippen LogP contribution in [-0.2, 0) is 18.3 Å². The summed E-state index contributed by atoms with van der Waals surface area (Å²) in [6.45, 7) is 3.15. The normalized spacial score (nSPS) is 10.6. The van der Waals surface area contributed by atoms with Gasteiger partial charge in [0.15, 0.2) is 11.0 Å². The maximum Gasteiger partial charge on any atom is 0.230 e. The topological polar surface area (TPSA) is 69.0 Å². The molecule has 1 N–H and O–H groups in total. The molecule has 0 saturated carbocycles. The number of amides is 1. The van der Waals surface area contributed by atoms with Gasteiger partial charge in [-0.3, -0.25) is 4.79 Å². The molecule has 0 saturated heterocycles. The van der Waals surface area contributed by atoms with E-state index in [9.17, 15) is 4.79 Å². The Hall–Kier alpha value is -2.80. The first-order chi connectivity index (χ1) is 13.7. The van der Waals surface area contributed by atoms with E-state index in [4.69, 9.17) is 4.74 Å². The van der Waals surface area contributed by atoms with Gasteiger partial charge in [0.1, 0.15) is 5.75 Å². The van der Waals surface area contributed by atoms with Crippen molar-refractivity contribution in [1.82, 2.24) is 20.1 Å². The van der Waals surface area contributed by atoms with Crippen molar-refractivity contribution in [2.75, 3.05) is 18.9 Å². The highest BCUT2D eigenvalue weighted by Crippen LogP contribution is 2.30. The van der Waals surface area contributed by atoms with Crippen LogP contribution in [0.5, 0.6) is 5.75 Å². The minimum atomic E-state index is -0.0137. The van der Waals surface area contributed by atoms with Gasteiger partial charge in [0, 0.05) is 13.6 Å². The Labute approximate surface area is 169 Å². The van der Waals surface area contributed by atoms with E-state index in [0.29, 0.717) is 24.1 Å². The van der Waals surface area contributed by atoms with Crippen LogP contribution in [0, 0.1) is 0 Å². The van der Waals surface area contributed by atoms with E-state index in [2.05, 4.69) is 27.6 Å². The largest absolute Gasteiger partial charge is 0.493 e. The lowest BCUT2D eigenvalue weighted by Gasteiger charge is -2.09. The van der Waals surface area contributed by atoms with Crippen LogP contribution in [0.4, 0.5) is 0 Å². The lowest BCUT2D eigenvalue weighted by molar-refractivity contribution is -0.118. The Bertz CT molecular complexity index is 912. The number of nitrogens with one attached hydrogen (secondary N) is 1. The average molecular weight is 397 g/mol. The van der Waals surface area contributed by atoms with Crippen molar-refractivity contribution in [3.63, 3.8) is 0 Å². The molecule has 0 fully saturated rings. The monoisotopic (exact) mass is 396 g/mol. The maximum atomic E-state index is 12.1. The molecule has 2 aromatic carbocycles. The number of para-hydroxylation sites is 1. The second-order valence-corrected chi connectivity index (χ2v) is 7.11. The van der Waals surface area contributed by atoms with E-state index in [1.54, 1.807) is 0 Å². The van der Waals surface area contributed by atoms with Crippen LogP contribution in [0.25, 0.3) is 11.4 Å². The molecule has 1 aromatic heterocycles. The van der Waals surface area contributed by atoms with Gasteiger partial charge < -0.3 is 14.6 Å². The van der Waals surface area contributed by atoms with Crippen LogP contribution < -0.4 is 10.1 Å². The summed E-state index contributed by atoms with van der Waals surface area (Å²) in [7, 11) is 1.90. The number of aromatic nitrogens is 3. The van der Waals surface area contributed by atoms with Crippen molar-refractivity contribution in [3.8, 4) is 17.1 Å². The zero-order valence-corrected chi connectivity index (χ0v) is 16.9. The third-order valence-electron chi connectivity index (χ3n) is 4.17. The molecule has 0 bridgehead atoms. The predicted octanol–water partition coefficient (Wildman–Crippen LogP) is 3.33. The Balaban J connectivity index is 1.55. The van der Waals surface area contributed by atoms with Gasteiger partial charge >= 0.3 is 0 Å². The van der Waals surface area contributed by atoms with E-state index in [1.807, 2.05) is 61.0 Å². The Kier molecular flexibility index (Phi) is 7.08. The summed E-state index contributed by atoms with van der Waals surface area (Å²) in [6, 6.07) is 17.9. The van der Waals surface area contributed by atoms with Crippen LogP contribution in [-0.4, -0.2) is 39.6 Å². The van der Waals surface area contributed by atoms with Gasteiger partial charge in [-0.15, -0.1) is 10.2 Å². The summed E-state index contributed by atoms with van der Waals surface area (Å²) < 4.78 is 7.57. The fraction of sp³-hybridized carbons (Fsp3) is 0.286. The summed E-state index contributed by atoms with van der Waals surface area (Å²) in [5.74, 6) is 1.78. The third kappa shape index (κ3) is 5.13. The zero-order valence-electron chi connectivity index (χ0n) is 16.1. The SMILES string of the molecule is CCOc1ccccc1-c1nnc(SCC(=O)NCCc2ccccc2)n1C. The van der Waals surface area contributed by atoms with Crippen molar-refractivity contribution in [3.05, 3.63) is 60.2 Å². The predicted molar refractivity (Wildman–Crippen MR) is 111 cm³/mol. The highest BCUT2D eigenvalue weighted by atomic mass is 32.2. The van der Waals surface area contributed by atoms with Gasteiger partial charge in [-0.25, -0.2) is 0 Å². The molecule has 6 nitrogen and oxygen atoms in total. The van der Waals surface area contributed by atoms with Crippen LogP contribution in [0.3, 0.4) is 0 Å². The molecule has 0 unspecified atom stereocenters. The second kappa shape index (κ2) is 9.94. The Morgan fingerprint density at radius 3 is 2.64 bits per heavy atom. The van der Waals surface area contributed by atoms with E-state index >= 15 is 0 Å². The van der Waals surface area contributed by atoms with E-state index in [0.717, 1.165) is 23.6 Å². The summed E-state index contributed by atoms with van der Waals surface area (Å²) in [5.41, 5.74) is 2.10. The number of carbonyl (C=O) groups excluding carboxylic acids is 1. The number of hydrogen-bond donors (Lipinski definition) is 1. The van der Waals surface area contributed by atoms with Crippen molar-refractivity contribution in [1.29, 1.82) is 0 Å². The summed E-state index contributed by atoms with van der Waals surface area (Å²) in [5, 5.41) is 12.2. The molecule has 0 aliphatic heterocycles. The molecule has 28 heavy (non-hydrogen) atoms. The van der Waals surface area contributed by atoms with Crippen molar-refractivity contribution in [2.45, 2.75) is 18.5 Å². The van der Waals surface area contributed by atoms with Gasteiger partial charge in [-0.2, -0.15) is 0 Å². The molecule has 0 spiro atoms. The molecular formula is C21H24N4O2S. The highest BCUT2D eigenvalue weighted by Gasteiger charge is 2.16. The standard InChI is InChI=1S/C21H24N4O2S/c1-3-27-18-12-8-7-11-17(18)20-23-24-21(25(20)2)28-15-19(26)22-14-13-16-9-5-4-6-10-16/h4-12H,3,13-15H2,1-2H3,(H,22,26). The molecule has 3 rings (SSSR count). The number of thioether (sulfide) groups is 1. The second-order valence-electron chi connectivity index (χ2n) is 6.17. The van der Waals surface area contributed by atoms with E-state index < -0.39 is 0 Å². The average Bonchev–Trinajstić information content (AvgIpc) is 3.08. The van der Waals surface area contributed by atoms with Gasteiger partial charge in [-0.05, 0) is 31.0 Å². The Morgan fingerprint density at radius 1 is 1.11 bits per heavy atom. The number of rotatable bonds is 9. The molecular weight excluding hydrogens is 372 g/mol. The molecule has 0 aliphatic carbocycles. The summed E-state index contributed by atoms with van der Waals surface area (Å²) in [4.78, 5) is 12.1. The molecule has 146 valence electrons. The van der Waals surface area contributed by atoms with Gasteiger partial charge in [0.25, 0.3) is 0 Å². The third-order valence-corrected chi connectivity index (χ3v) is 5.19. The fourth-order valence-electron chi connectivity index (χ4n) is 2.78. The van der Waals surface area contributed by atoms with Crippen LogP contribution >= 0.6 is 11.8 Å². The van der Waals surface area contributed by atoms with Crippen LogP contribution in [0.15, 0.2) is 59.8 Å². The Morgan fingerprint density at radius 2 is 1.86 bits per heavy atom. The van der Waals surface area contributed by atoms with Crippen molar-refractivity contribution >= 4 is 17.7 Å². The molecule has 0 atom stereocenters. The number of hydrogen-bond acceptors (Lipinski definition) is 5. The fourth-order valence-corrected chi connectivity index (χ4v) is 3.52. The number of ether oxygens (including phenoxy) is 1. The van der Waals surface area contributed by atoms with E-state index in [1.165, 1.54) is 17.3 Å². The number of benzene rings is 2. The highest BCUT2D eigenvalue weighted by molar-refractivity contribution is 7.99. The first-order valence-electron chi connectivity index (χ1n) is 9.24. The molecule has 3 aromatic rings. The van der Waals surface area contributed by atoms with Gasteiger partial charge in [0.05, 0.1) is 17.9 Å². The molecule has 0 radical (unpaired) electrons. The van der Waals surface area contributed by atoms with Gasteiger partial charge in [-0.1, -0.05) is 54.2 Å². The minimum Gasteiger partial charge on any atom is -0.493 e. The lowest BCUT2D eigenvalue weighted by Crippen LogP contribution is -2.27. The first kappa shape index (κ1) is 19.9. The lowest BCUT2D eigenvalue weighted by atomic mass is 10.1. The number of nitrogens with zero attached hydrogens (tertiary/aromatic N) is 3. The summed E-state index contributed by atoms with van der Waals surface area (Å²) >= 11 is 1.37. The van der Waals surface area contributed by atoms with Crippen molar-refractivity contribution in [2.24, 2.45) is 7.05 Å². The summed E-state index contributed by atoms with van der Waals surface area (Å²) in [6.07, 6.45) is 0.819. The maximum absolute atomic E-state index is 12.1. The minimum absolute atomic E-state index is 0.0137. The zero-order chi connectivity index (χ0) is 19.8. The van der Waals surface area contributed by atoms with Gasteiger partial charge in [0.2, 0.25) is 5.91 Å². The molecule has 1 amide bonds. The smallest absolute Gasteiger partial charge is 0.230 e. The van der Waals surface area contributed by atoms with E-state index in [-0.39, 0.29) is 5.91 Å². The quantitative estimate of drug-likeness (QED) is 0.562. The number of carbonyl (C=O) groups is 1. The first-order valence-corrected chi connectivity index (χ1v) is 10.2. The molecule has 1 heterocycles. The van der Waals surface area contributed by atoms with Crippen molar-refractivity contribution < 1.29 is 9.53 Å². The molecule has 0 aliphatic rings. The van der Waals surface area contributed by atoms with Crippen LogP contribution in [0.1, 0.15) is 12.5 Å². The molecule has 7 heteroatoms. The van der Waals surface area contributed by atoms with Crippen LogP contribution in [0.2, 0.25) is 0 Å².